The number of aromatic nitrogens is 2. The molecule has 0 radical (unpaired) electrons. The van der Waals surface area contributed by atoms with Crippen molar-refractivity contribution in [3.63, 3.8) is 0 Å². The number of nitrogens with zero attached hydrogens (tertiary/aromatic N) is 3. The number of oxime groups is 1. The van der Waals surface area contributed by atoms with Crippen molar-refractivity contribution in [2.24, 2.45) is 5.16 Å². The maximum Gasteiger partial charge on any atom is 0.319 e. The van der Waals surface area contributed by atoms with Crippen LogP contribution >= 0.6 is 0 Å². The number of benzene rings is 2. The maximum atomic E-state index is 14.5. The van der Waals surface area contributed by atoms with E-state index in [2.05, 4.69) is 31.3 Å². The van der Waals surface area contributed by atoms with E-state index in [1.165, 1.54) is 31.6 Å². The van der Waals surface area contributed by atoms with Crippen molar-refractivity contribution in [2.75, 3.05) is 25.5 Å². The molecule has 0 saturated heterocycles. The third-order valence-electron chi connectivity index (χ3n) is 5.15. The molecule has 0 bridgehead atoms. The van der Waals surface area contributed by atoms with E-state index in [1.54, 1.807) is 18.2 Å². The summed E-state index contributed by atoms with van der Waals surface area (Å²) < 4.78 is 20.4. The first-order valence-corrected chi connectivity index (χ1v) is 10.8. The fourth-order valence-electron chi connectivity index (χ4n) is 3.42. The van der Waals surface area contributed by atoms with Crippen molar-refractivity contribution in [3.8, 4) is 16.9 Å². The summed E-state index contributed by atoms with van der Waals surface area (Å²) in [6.07, 6.45) is 3.06. The molecular weight excluding hydrogens is 455 g/mol. The Hall–Kier alpha value is -4.54. The lowest BCUT2D eigenvalue weighted by Crippen LogP contribution is -2.33. The van der Waals surface area contributed by atoms with Crippen LogP contribution in [-0.4, -0.2) is 54.2 Å². The van der Waals surface area contributed by atoms with Gasteiger partial charge in [-0.1, -0.05) is 29.4 Å². The van der Waals surface area contributed by atoms with Crippen LogP contribution < -0.4 is 20.7 Å². The number of rotatable bonds is 8. The van der Waals surface area contributed by atoms with Gasteiger partial charge in [-0.25, -0.2) is 9.18 Å². The highest BCUT2D eigenvalue weighted by Gasteiger charge is 2.23. The molecule has 0 fully saturated rings. The highest BCUT2D eigenvalue weighted by molar-refractivity contribution is 5.95. The van der Waals surface area contributed by atoms with Gasteiger partial charge in [0.1, 0.15) is 18.2 Å². The SMILES string of the molecule is CNC(=O)c1ccc(-c2ccccc2OCC2CC(CNC(=O)Nc3ccnnc3)=NO2)cc1F. The number of halogens is 1. The number of carbonyl (C=O) groups is 2. The van der Waals surface area contributed by atoms with Crippen LogP contribution in [0, 0.1) is 5.82 Å². The summed E-state index contributed by atoms with van der Waals surface area (Å²) in [5, 5.41) is 19.1. The molecule has 0 aliphatic carbocycles. The summed E-state index contributed by atoms with van der Waals surface area (Å²) in [4.78, 5) is 29.2. The van der Waals surface area contributed by atoms with Gasteiger partial charge in [-0.3, -0.25) is 4.79 Å². The number of para-hydroxylation sites is 1. The van der Waals surface area contributed by atoms with Gasteiger partial charge < -0.3 is 25.5 Å². The van der Waals surface area contributed by atoms with Crippen molar-refractivity contribution in [2.45, 2.75) is 12.5 Å². The summed E-state index contributed by atoms with van der Waals surface area (Å²) in [6, 6.07) is 12.8. The maximum absolute atomic E-state index is 14.5. The van der Waals surface area contributed by atoms with Crippen molar-refractivity contribution in [1.29, 1.82) is 0 Å². The summed E-state index contributed by atoms with van der Waals surface area (Å²) in [7, 11) is 1.45. The van der Waals surface area contributed by atoms with E-state index < -0.39 is 17.8 Å². The van der Waals surface area contributed by atoms with E-state index in [-0.39, 0.29) is 24.8 Å². The van der Waals surface area contributed by atoms with Crippen LogP contribution in [0.4, 0.5) is 14.9 Å². The number of urea groups is 1. The zero-order valence-electron chi connectivity index (χ0n) is 18.8. The van der Waals surface area contributed by atoms with Crippen LogP contribution in [0.3, 0.4) is 0 Å². The van der Waals surface area contributed by atoms with Gasteiger partial charge in [-0.05, 0) is 29.8 Å². The lowest BCUT2D eigenvalue weighted by atomic mass is 10.0. The second-order valence-corrected chi connectivity index (χ2v) is 7.61. The molecule has 0 saturated carbocycles. The number of hydrogen-bond donors (Lipinski definition) is 3. The molecule has 10 nitrogen and oxygen atoms in total. The molecule has 3 N–H and O–H groups in total. The molecule has 0 spiro atoms. The third kappa shape index (κ3) is 6.08. The van der Waals surface area contributed by atoms with Crippen LogP contribution in [0.25, 0.3) is 11.1 Å². The third-order valence-corrected chi connectivity index (χ3v) is 5.15. The molecule has 4 rings (SSSR count). The second-order valence-electron chi connectivity index (χ2n) is 7.61. The normalized spacial score (nSPS) is 14.5. The number of nitrogens with one attached hydrogen (secondary N) is 3. The first kappa shape index (κ1) is 23.6. The summed E-state index contributed by atoms with van der Waals surface area (Å²) in [6.45, 7) is 0.423. The Labute approximate surface area is 200 Å². The monoisotopic (exact) mass is 478 g/mol. The Kier molecular flexibility index (Phi) is 7.46. The van der Waals surface area contributed by atoms with Crippen LogP contribution in [0.15, 0.2) is 66.1 Å². The van der Waals surface area contributed by atoms with E-state index in [1.807, 2.05) is 18.2 Å². The lowest BCUT2D eigenvalue weighted by molar-refractivity contribution is 0.0472. The first-order valence-electron chi connectivity index (χ1n) is 10.8. The first-order chi connectivity index (χ1) is 17.0. The van der Waals surface area contributed by atoms with E-state index in [9.17, 15) is 14.0 Å². The predicted octanol–water partition coefficient (Wildman–Crippen LogP) is 2.99. The molecule has 35 heavy (non-hydrogen) atoms. The quantitative estimate of drug-likeness (QED) is 0.457. The lowest BCUT2D eigenvalue weighted by Gasteiger charge is -2.14. The number of amides is 3. The van der Waals surface area contributed by atoms with Gasteiger partial charge in [0, 0.05) is 19.0 Å². The number of carbonyl (C=O) groups excluding carboxylic acids is 2. The zero-order chi connectivity index (χ0) is 24.6. The van der Waals surface area contributed by atoms with E-state index in [0.29, 0.717) is 34.7 Å². The van der Waals surface area contributed by atoms with Gasteiger partial charge in [0.15, 0.2) is 6.10 Å². The summed E-state index contributed by atoms with van der Waals surface area (Å²) in [5.74, 6) is -0.570. The van der Waals surface area contributed by atoms with Crippen LogP contribution in [-0.2, 0) is 4.84 Å². The average molecular weight is 478 g/mol. The predicted molar refractivity (Wildman–Crippen MR) is 127 cm³/mol. The Balaban J connectivity index is 1.30. The Bertz CT molecular complexity index is 1240. The van der Waals surface area contributed by atoms with E-state index in [0.717, 1.165) is 0 Å². The molecule has 1 aliphatic heterocycles. The van der Waals surface area contributed by atoms with Crippen molar-refractivity contribution in [3.05, 3.63) is 72.3 Å². The van der Waals surface area contributed by atoms with Crippen LogP contribution in [0.2, 0.25) is 0 Å². The molecule has 1 aromatic heterocycles. The van der Waals surface area contributed by atoms with Gasteiger partial charge in [0.2, 0.25) is 0 Å². The number of anilines is 1. The van der Waals surface area contributed by atoms with Crippen molar-refractivity contribution < 1.29 is 23.6 Å². The average Bonchev–Trinajstić information content (AvgIpc) is 3.34. The minimum atomic E-state index is -0.620. The minimum Gasteiger partial charge on any atom is -0.489 e. The topological polar surface area (TPSA) is 127 Å². The summed E-state index contributed by atoms with van der Waals surface area (Å²) in [5.41, 5.74) is 2.42. The van der Waals surface area contributed by atoms with Crippen molar-refractivity contribution in [1.82, 2.24) is 20.8 Å². The molecule has 2 aromatic carbocycles. The Morgan fingerprint density at radius 1 is 1.17 bits per heavy atom. The largest absolute Gasteiger partial charge is 0.489 e. The zero-order valence-corrected chi connectivity index (χ0v) is 18.8. The summed E-state index contributed by atoms with van der Waals surface area (Å²) >= 11 is 0. The molecule has 3 aromatic rings. The fourth-order valence-corrected chi connectivity index (χ4v) is 3.42. The van der Waals surface area contributed by atoms with Crippen LogP contribution in [0.1, 0.15) is 16.8 Å². The highest BCUT2D eigenvalue weighted by Crippen LogP contribution is 2.31. The molecular formula is C24H23FN6O4. The number of ether oxygens (including phenoxy) is 1. The molecule has 180 valence electrons. The van der Waals surface area contributed by atoms with Crippen molar-refractivity contribution >= 4 is 23.3 Å². The molecule has 11 heteroatoms. The van der Waals surface area contributed by atoms with Gasteiger partial charge in [0.05, 0.1) is 35.9 Å². The van der Waals surface area contributed by atoms with Gasteiger partial charge in [-0.2, -0.15) is 10.2 Å². The highest BCUT2D eigenvalue weighted by atomic mass is 19.1. The van der Waals surface area contributed by atoms with Gasteiger partial charge >= 0.3 is 6.03 Å². The molecule has 1 aliphatic rings. The standard InChI is InChI=1S/C24H23FN6O4/c1-26-23(32)20-7-6-15(10-21(20)25)19-4-2-3-5-22(19)34-14-18-11-17(31-35-18)12-27-24(33)30-16-8-9-28-29-13-16/h2-10,13,18H,11-12,14H2,1H3,(H,26,32)(H2,27,28,30,33). The van der Waals surface area contributed by atoms with E-state index >= 15 is 0 Å². The van der Waals surface area contributed by atoms with Gasteiger partial charge in [0.25, 0.3) is 5.91 Å². The van der Waals surface area contributed by atoms with Crippen LogP contribution in [0.5, 0.6) is 5.75 Å². The second kappa shape index (κ2) is 11.1. The fraction of sp³-hybridized carbons (Fsp3) is 0.208. The van der Waals surface area contributed by atoms with E-state index in [4.69, 9.17) is 9.57 Å². The molecule has 3 amide bonds. The smallest absolute Gasteiger partial charge is 0.319 e. The van der Waals surface area contributed by atoms with Gasteiger partial charge in [-0.15, -0.1) is 0 Å². The molecule has 2 heterocycles. The Morgan fingerprint density at radius 3 is 2.80 bits per heavy atom. The minimum absolute atomic E-state index is 0.0292. The molecule has 1 atom stereocenters. The molecule has 1 unspecified atom stereocenters. The number of hydrogen-bond acceptors (Lipinski definition) is 7. The Morgan fingerprint density at radius 2 is 2.03 bits per heavy atom.